The van der Waals surface area contributed by atoms with Crippen molar-refractivity contribution in [2.24, 2.45) is 0 Å². The van der Waals surface area contributed by atoms with Crippen molar-refractivity contribution in [2.75, 3.05) is 10.6 Å². The predicted octanol–water partition coefficient (Wildman–Crippen LogP) is 3.22. The molecule has 0 aliphatic rings. The van der Waals surface area contributed by atoms with Crippen molar-refractivity contribution in [2.45, 2.75) is 6.92 Å². The normalized spacial score (nSPS) is 10.4. The summed E-state index contributed by atoms with van der Waals surface area (Å²) in [5.74, 6) is 1.06. The molecule has 0 amide bonds. The highest BCUT2D eigenvalue weighted by atomic mass is 16.4. The molecule has 30 heavy (non-hydrogen) atoms. The van der Waals surface area contributed by atoms with Crippen LogP contribution in [0.4, 0.5) is 23.4 Å². The number of carboxylic acids is 1. The number of nitrogens with zero attached hydrogens (tertiary/aromatic N) is 6. The number of rotatable bonds is 6. The molecule has 0 spiro atoms. The Balaban J connectivity index is 1.53. The fraction of sp³-hybridized carbons (Fsp3) is 0.0500. The first-order chi connectivity index (χ1) is 14.6. The zero-order valence-electron chi connectivity index (χ0n) is 15.8. The van der Waals surface area contributed by atoms with Crippen LogP contribution in [0.2, 0.25) is 0 Å². The lowest BCUT2D eigenvalue weighted by atomic mass is 10.2. The number of hydrogen-bond donors (Lipinski definition) is 3. The Morgan fingerprint density at radius 1 is 0.833 bits per heavy atom. The zero-order valence-corrected chi connectivity index (χ0v) is 15.8. The smallest absolute Gasteiger partial charge is 0.335 e. The fourth-order valence-corrected chi connectivity index (χ4v) is 2.59. The van der Waals surface area contributed by atoms with Gasteiger partial charge >= 0.3 is 5.97 Å². The summed E-state index contributed by atoms with van der Waals surface area (Å²) in [6.45, 7) is 1.90. The Hall–Kier alpha value is -4.47. The Morgan fingerprint density at radius 3 is 2.40 bits per heavy atom. The monoisotopic (exact) mass is 400 g/mol. The van der Waals surface area contributed by atoms with E-state index in [0.717, 1.165) is 5.69 Å². The average molecular weight is 400 g/mol. The average Bonchev–Trinajstić information content (AvgIpc) is 2.74. The van der Waals surface area contributed by atoms with Gasteiger partial charge in [-0.15, -0.1) is 0 Å². The highest BCUT2D eigenvalue weighted by Gasteiger charge is 2.08. The maximum Gasteiger partial charge on any atom is 0.335 e. The molecule has 4 rings (SSSR count). The Kier molecular flexibility index (Phi) is 5.20. The second-order valence-corrected chi connectivity index (χ2v) is 6.18. The van der Waals surface area contributed by atoms with Gasteiger partial charge < -0.3 is 15.7 Å². The van der Waals surface area contributed by atoms with Crippen molar-refractivity contribution < 1.29 is 9.90 Å². The van der Waals surface area contributed by atoms with Gasteiger partial charge in [-0.1, -0.05) is 6.07 Å². The molecule has 3 N–H and O–H groups in total. The Morgan fingerprint density at radius 2 is 1.60 bits per heavy atom. The maximum absolute atomic E-state index is 11.1. The van der Waals surface area contributed by atoms with Crippen LogP contribution < -0.4 is 10.6 Å². The van der Waals surface area contributed by atoms with Gasteiger partial charge in [0, 0.05) is 24.3 Å². The van der Waals surface area contributed by atoms with Gasteiger partial charge in [0.1, 0.15) is 23.1 Å². The van der Waals surface area contributed by atoms with E-state index in [9.17, 15) is 4.79 Å². The summed E-state index contributed by atoms with van der Waals surface area (Å²) in [6, 6.07) is 11.8. The number of carbonyl (C=O) groups is 1. The third-order valence-electron chi connectivity index (χ3n) is 3.93. The number of aromatic carboxylic acids is 1. The van der Waals surface area contributed by atoms with Crippen LogP contribution in [0.15, 0.2) is 61.1 Å². The van der Waals surface area contributed by atoms with Gasteiger partial charge in [0.05, 0.1) is 5.56 Å². The molecule has 10 heteroatoms. The first-order valence-electron chi connectivity index (χ1n) is 8.90. The van der Waals surface area contributed by atoms with Crippen molar-refractivity contribution >= 4 is 29.4 Å². The molecule has 0 unspecified atom stereocenters. The van der Waals surface area contributed by atoms with E-state index < -0.39 is 5.97 Å². The number of pyridine rings is 2. The minimum Gasteiger partial charge on any atom is -0.478 e. The SMILES string of the molecule is Cc1cccc(-c2nccc(Nc3ccnc(Nc4cc(C(=O)O)ccn4)n3)n2)n1. The molecule has 0 fully saturated rings. The molecular weight excluding hydrogens is 384 g/mol. The molecule has 0 saturated carbocycles. The highest BCUT2D eigenvalue weighted by molar-refractivity contribution is 5.88. The number of aromatic nitrogens is 6. The van der Waals surface area contributed by atoms with Crippen LogP contribution in [0.3, 0.4) is 0 Å². The molecule has 0 aliphatic heterocycles. The molecule has 0 aromatic carbocycles. The second kappa shape index (κ2) is 8.27. The molecule has 10 nitrogen and oxygen atoms in total. The van der Waals surface area contributed by atoms with Crippen LogP contribution in [-0.2, 0) is 0 Å². The highest BCUT2D eigenvalue weighted by Crippen LogP contribution is 2.18. The van der Waals surface area contributed by atoms with Crippen molar-refractivity contribution in [3.63, 3.8) is 0 Å². The number of carboxylic acid groups (broad SMARTS) is 1. The van der Waals surface area contributed by atoms with Crippen LogP contribution in [0.25, 0.3) is 11.5 Å². The molecule has 148 valence electrons. The van der Waals surface area contributed by atoms with Gasteiger partial charge in [-0.2, -0.15) is 4.98 Å². The first-order valence-corrected chi connectivity index (χ1v) is 8.90. The zero-order chi connectivity index (χ0) is 20.9. The summed E-state index contributed by atoms with van der Waals surface area (Å²) in [7, 11) is 0. The number of nitrogens with one attached hydrogen (secondary N) is 2. The molecule has 0 bridgehead atoms. The summed E-state index contributed by atoms with van der Waals surface area (Å²) in [5.41, 5.74) is 1.66. The molecule has 4 heterocycles. The molecule has 0 radical (unpaired) electrons. The van der Waals surface area contributed by atoms with Gasteiger partial charge in [0.15, 0.2) is 5.82 Å². The molecule has 4 aromatic rings. The Bertz CT molecular complexity index is 1210. The van der Waals surface area contributed by atoms with Crippen LogP contribution in [0, 0.1) is 6.92 Å². The molecule has 0 saturated heterocycles. The van der Waals surface area contributed by atoms with Crippen LogP contribution in [-0.4, -0.2) is 41.0 Å². The van der Waals surface area contributed by atoms with Gasteiger partial charge in [-0.3, -0.25) is 0 Å². The fourth-order valence-electron chi connectivity index (χ4n) is 2.59. The van der Waals surface area contributed by atoms with Gasteiger partial charge in [0.2, 0.25) is 5.95 Å². The van der Waals surface area contributed by atoms with E-state index in [1.165, 1.54) is 18.3 Å². The van der Waals surface area contributed by atoms with Crippen LogP contribution >= 0.6 is 0 Å². The van der Waals surface area contributed by atoms with Crippen LogP contribution in [0.5, 0.6) is 0 Å². The van der Waals surface area contributed by atoms with Crippen molar-refractivity contribution in [1.82, 2.24) is 29.9 Å². The summed E-state index contributed by atoms with van der Waals surface area (Å²) < 4.78 is 0. The third kappa shape index (κ3) is 4.50. The minimum atomic E-state index is -1.04. The summed E-state index contributed by atoms with van der Waals surface area (Å²) >= 11 is 0. The standard InChI is InChI=1S/C20H16N8O2/c1-12-3-2-4-14(24-12)18-22-9-6-15(26-18)25-16-7-10-23-20(27-16)28-17-11-13(19(29)30)5-8-21-17/h2-11H,1H3,(H,29,30)(H2,21,22,23,25,26,27,28). The molecule has 0 aliphatic carbocycles. The first kappa shape index (κ1) is 18.9. The van der Waals surface area contributed by atoms with Crippen molar-refractivity contribution in [3.05, 3.63) is 72.3 Å². The van der Waals surface area contributed by atoms with E-state index in [1.807, 2.05) is 25.1 Å². The van der Waals surface area contributed by atoms with Gasteiger partial charge in [-0.05, 0) is 43.3 Å². The number of hydrogen-bond acceptors (Lipinski definition) is 9. The van der Waals surface area contributed by atoms with E-state index in [0.29, 0.717) is 29.0 Å². The number of aryl methyl sites for hydroxylation is 1. The van der Waals surface area contributed by atoms with E-state index >= 15 is 0 Å². The molecular formula is C20H16N8O2. The Labute approximate surface area is 171 Å². The largest absolute Gasteiger partial charge is 0.478 e. The quantitative estimate of drug-likeness (QED) is 0.442. The van der Waals surface area contributed by atoms with E-state index in [-0.39, 0.29) is 11.5 Å². The lowest BCUT2D eigenvalue weighted by Crippen LogP contribution is -2.04. The predicted molar refractivity (Wildman–Crippen MR) is 110 cm³/mol. The van der Waals surface area contributed by atoms with Crippen molar-refractivity contribution in [1.29, 1.82) is 0 Å². The topological polar surface area (TPSA) is 139 Å². The minimum absolute atomic E-state index is 0.111. The molecule has 0 atom stereocenters. The molecule has 4 aromatic heterocycles. The number of anilines is 4. The second-order valence-electron chi connectivity index (χ2n) is 6.18. The lowest BCUT2D eigenvalue weighted by molar-refractivity contribution is 0.0697. The summed E-state index contributed by atoms with van der Waals surface area (Å²) in [6.07, 6.45) is 4.59. The summed E-state index contributed by atoms with van der Waals surface area (Å²) in [4.78, 5) is 36.9. The van der Waals surface area contributed by atoms with Crippen LogP contribution in [0.1, 0.15) is 16.1 Å². The van der Waals surface area contributed by atoms with Gasteiger partial charge in [0.25, 0.3) is 0 Å². The lowest BCUT2D eigenvalue weighted by Gasteiger charge is -2.08. The van der Waals surface area contributed by atoms with E-state index in [4.69, 9.17) is 5.11 Å². The summed E-state index contributed by atoms with van der Waals surface area (Å²) in [5, 5.41) is 15.1. The maximum atomic E-state index is 11.1. The van der Waals surface area contributed by atoms with Crippen molar-refractivity contribution in [3.8, 4) is 11.5 Å². The van der Waals surface area contributed by atoms with E-state index in [1.54, 1.807) is 24.5 Å². The van der Waals surface area contributed by atoms with E-state index in [2.05, 4.69) is 40.5 Å². The van der Waals surface area contributed by atoms with Gasteiger partial charge in [-0.25, -0.2) is 29.7 Å². The third-order valence-corrected chi connectivity index (χ3v) is 3.93.